The summed E-state index contributed by atoms with van der Waals surface area (Å²) in [6.07, 6.45) is -8.93. The maximum absolute atomic E-state index is 14.1. The summed E-state index contributed by atoms with van der Waals surface area (Å²) in [7, 11) is 1.03. The molecule has 13 heteroatoms. The van der Waals surface area contributed by atoms with Gasteiger partial charge in [-0.1, -0.05) is 11.0 Å². The molecule has 0 spiro atoms. The Morgan fingerprint density at radius 2 is 2.25 bits per heavy atom. The van der Waals surface area contributed by atoms with Crippen LogP contribution >= 0.6 is 0 Å². The number of nitrogens with one attached hydrogen (secondary N) is 1. The Balaban J connectivity index is 2.47. The van der Waals surface area contributed by atoms with E-state index in [2.05, 4.69) is 21.8 Å². The number of azide groups is 1. The van der Waals surface area contributed by atoms with Crippen molar-refractivity contribution in [1.82, 2.24) is 5.32 Å². The minimum Gasteiger partial charge on any atom is -0.394 e. The summed E-state index contributed by atoms with van der Waals surface area (Å²) in [6, 6.07) is -1.19. The molecule has 1 heterocycles. The second-order valence-corrected chi connectivity index (χ2v) is 4.43. The van der Waals surface area contributed by atoms with Crippen LogP contribution in [-0.4, -0.2) is 68.7 Å². The first-order valence-corrected chi connectivity index (χ1v) is 6.50. The number of carbonyl (C=O) groups excluding carboxylic acids is 1. The molecule has 0 aromatic rings. The normalized spacial score (nSPS) is 26.0. The molecule has 1 amide bonds. The lowest BCUT2D eigenvalue weighted by atomic mass is 9.70. The van der Waals surface area contributed by atoms with Gasteiger partial charge in [0.25, 0.3) is 7.28 Å². The van der Waals surface area contributed by atoms with Gasteiger partial charge in [-0.25, -0.2) is 4.39 Å². The fourth-order valence-electron chi connectivity index (χ4n) is 1.79. The number of aliphatic hydroxyl groups is 1. The SMILES string of the molecule is [N-]=[N+]=NCOC1C(F)[C@H]([B]C#CCNC(=O)C(F)(F)F)O[C@@H]1CO. The third kappa shape index (κ3) is 5.90. The lowest BCUT2D eigenvalue weighted by Gasteiger charge is -2.16. The quantitative estimate of drug-likeness (QED) is 0.175. The van der Waals surface area contributed by atoms with Crippen molar-refractivity contribution in [3.05, 3.63) is 10.4 Å². The highest BCUT2D eigenvalue weighted by Crippen LogP contribution is 2.26. The molecule has 1 radical (unpaired) electrons. The van der Waals surface area contributed by atoms with E-state index < -0.39 is 56.3 Å². The molecule has 1 rings (SSSR count). The van der Waals surface area contributed by atoms with Crippen LogP contribution in [0.4, 0.5) is 17.6 Å². The third-order valence-corrected chi connectivity index (χ3v) is 2.84. The summed E-state index contributed by atoms with van der Waals surface area (Å²) in [4.78, 5) is 12.9. The van der Waals surface area contributed by atoms with Crippen molar-refractivity contribution in [2.45, 2.75) is 30.6 Å². The Kier molecular flexibility index (Phi) is 7.80. The topological polar surface area (TPSA) is 117 Å². The third-order valence-electron chi connectivity index (χ3n) is 2.84. The molecule has 2 unspecified atom stereocenters. The average Bonchev–Trinajstić information content (AvgIpc) is 2.82. The molecule has 0 aliphatic carbocycles. The summed E-state index contributed by atoms with van der Waals surface area (Å²) in [5.74, 6) is 2.30. The molecular formula is C11H12BF4N4O4. The van der Waals surface area contributed by atoms with Crippen LogP contribution in [0.15, 0.2) is 5.11 Å². The zero-order valence-electron chi connectivity index (χ0n) is 12.0. The zero-order chi connectivity index (χ0) is 18.2. The van der Waals surface area contributed by atoms with Crippen molar-refractivity contribution in [2.75, 3.05) is 19.9 Å². The van der Waals surface area contributed by atoms with E-state index >= 15 is 0 Å². The Hall–Kier alpha value is -2.00. The highest BCUT2D eigenvalue weighted by atomic mass is 19.4. The molecule has 1 aliphatic rings. The number of amides is 1. The van der Waals surface area contributed by atoms with Crippen LogP contribution in [0.1, 0.15) is 0 Å². The van der Waals surface area contributed by atoms with Crippen LogP contribution in [0.2, 0.25) is 0 Å². The predicted molar refractivity (Wildman–Crippen MR) is 72.1 cm³/mol. The van der Waals surface area contributed by atoms with Crippen LogP contribution in [0, 0.1) is 11.7 Å². The number of hydrogen-bond acceptors (Lipinski definition) is 5. The van der Waals surface area contributed by atoms with E-state index in [1.807, 2.05) is 0 Å². The van der Waals surface area contributed by atoms with E-state index in [0.29, 0.717) is 0 Å². The Morgan fingerprint density at radius 1 is 1.54 bits per heavy atom. The molecule has 0 saturated carbocycles. The predicted octanol–water partition coefficient (Wildman–Crippen LogP) is 0.0383. The van der Waals surface area contributed by atoms with Crippen molar-refractivity contribution < 1.29 is 36.9 Å². The van der Waals surface area contributed by atoms with Gasteiger partial charge in [-0.15, -0.1) is 0 Å². The van der Waals surface area contributed by atoms with E-state index in [0.717, 1.165) is 7.28 Å². The van der Waals surface area contributed by atoms with Crippen LogP contribution in [0.3, 0.4) is 0 Å². The number of nitrogens with zero attached hydrogens (tertiary/aromatic N) is 3. The van der Waals surface area contributed by atoms with Crippen LogP contribution in [0.5, 0.6) is 0 Å². The second-order valence-electron chi connectivity index (χ2n) is 4.43. The summed E-state index contributed by atoms with van der Waals surface area (Å²) >= 11 is 0. The standard InChI is InChI=1S/C11H12BF4N4O4/c13-7-8(23-5-19-20-17)6(4-21)24-9(7)12-2-1-3-18-10(22)11(14,15)16/h6-9,21H,3-5H2,(H,18,22)/t6-,7?,8?,9-/m1/s1. The summed E-state index contributed by atoms with van der Waals surface area (Å²) in [5.41, 5.74) is 8.12. The van der Waals surface area contributed by atoms with E-state index in [4.69, 9.17) is 20.1 Å². The summed E-state index contributed by atoms with van der Waals surface area (Å²) in [6.45, 7) is -1.59. The Labute approximate surface area is 134 Å². The lowest BCUT2D eigenvalue weighted by molar-refractivity contribution is -0.173. The van der Waals surface area contributed by atoms with Gasteiger partial charge in [0.15, 0.2) is 0 Å². The van der Waals surface area contributed by atoms with E-state index in [9.17, 15) is 22.4 Å². The average molecular weight is 351 g/mol. The van der Waals surface area contributed by atoms with Gasteiger partial charge in [0, 0.05) is 4.91 Å². The Morgan fingerprint density at radius 3 is 2.83 bits per heavy atom. The minimum atomic E-state index is -5.01. The van der Waals surface area contributed by atoms with Crippen molar-refractivity contribution >= 4 is 13.2 Å². The van der Waals surface area contributed by atoms with Gasteiger partial charge in [-0.2, -0.15) is 19.0 Å². The largest absolute Gasteiger partial charge is 0.471 e. The molecular weight excluding hydrogens is 339 g/mol. The van der Waals surface area contributed by atoms with Crippen molar-refractivity contribution in [3.8, 4) is 11.7 Å². The Bertz CT molecular complexity index is 546. The fraction of sp³-hybridized carbons (Fsp3) is 0.727. The second kappa shape index (κ2) is 9.34. The van der Waals surface area contributed by atoms with Gasteiger partial charge in [0.2, 0.25) is 0 Å². The van der Waals surface area contributed by atoms with Gasteiger partial charge in [0.05, 0.1) is 19.2 Å². The highest BCUT2D eigenvalue weighted by molar-refractivity contribution is 6.47. The first-order valence-electron chi connectivity index (χ1n) is 6.50. The van der Waals surface area contributed by atoms with Crippen LogP contribution in [-0.2, 0) is 14.3 Å². The molecule has 0 bridgehead atoms. The van der Waals surface area contributed by atoms with Gasteiger partial charge < -0.3 is 19.9 Å². The molecule has 1 saturated heterocycles. The zero-order valence-corrected chi connectivity index (χ0v) is 12.0. The molecule has 24 heavy (non-hydrogen) atoms. The van der Waals surface area contributed by atoms with Crippen molar-refractivity contribution in [2.24, 2.45) is 5.11 Å². The number of carbonyl (C=O) groups is 1. The van der Waals surface area contributed by atoms with Crippen molar-refractivity contribution in [1.29, 1.82) is 0 Å². The molecule has 131 valence electrons. The molecule has 1 fully saturated rings. The first kappa shape index (κ1) is 20.1. The van der Waals surface area contributed by atoms with Crippen LogP contribution in [0.25, 0.3) is 10.4 Å². The number of rotatable bonds is 6. The molecule has 4 atom stereocenters. The molecule has 1 aliphatic heterocycles. The van der Waals surface area contributed by atoms with E-state index in [1.165, 1.54) is 5.32 Å². The fourth-order valence-corrected chi connectivity index (χ4v) is 1.79. The molecule has 2 N–H and O–H groups in total. The van der Waals surface area contributed by atoms with Gasteiger partial charge in [0.1, 0.15) is 25.1 Å². The molecule has 0 aromatic carbocycles. The molecule has 8 nitrogen and oxygen atoms in total. The monoisotopic (exact) mass is 351 g/mol. The smallest absolute Gasteiger partial charge is 0.394 e. The van der Waals surface area contributed by atoms with E-state index in [1.54, 1.807) is 0 Å². The number of hydrogen-bond donors (Lipinski definition) is 2. The summed E-state index contributed by atoms with van der Waals surface area (Å²) < 4.78 is 59.9. The number of alkyl halides is 4. The van der Waals surface area contributed by atoms with Gasteiger partial charge in [-0.05, 0) is 5.53 Å². The number of halogens is 4. The minimum absolute atomic E-state index is 0.455. The first-order chi connectivity index (χ1) is 11.3. The summed E-state index contributed by atoms with van der Waals surface area (Å²) in [5, 5.41) is 13.7. The van der Waals surface area contributed by atoms with E-state index in [-0.39, 0.29) is 0 Å². The molecule has 0 aromatic heterocycles. The van der Waals surface area contributed by atoms with Crippen LogP contribution < -0.4 is 5.32 Å². The lowest BCUT2D eigenvalue weighted by Crippen LogP contribution is -2.37. The van der Waals surface area contributed by atoms with Gasteiger partial charge >= 0.3 is 12.1 Å². The highest BCUT2D eigenvalue weighted by Gasteiger charge is 2.45. The maximum atomic E-state index is 14.1. The van der Waals surface area contributed by atoms with Gasteiger partial charge in [-0.3, -0.25) is 4.79 Å². The number of ether oxygens (including phenoxy) is 2. The van der Waals surface area contributed by atoms with Crippen molar-refractivity contribution in [3.63, 3.8) is 0 Å². The number of aliphatic hydroxyl groups excluding tert-OH is 1. The maximum Gasteiger partial charge on any atom is 0.471 e.